The average molecular weight is 407 g/mol. The van der Waals surface area contributed by atoms with E-state index in [4.69, 9.17) is 4.98 Å². The van der Waals surface area contributed by atoms with E-state index in [0.717, 1.165) is 47.5 Å². The van der Waals surface area contributed by atoms with Gasteiger partial charge in [-0.25, -0.2) is 10.4 Å². The van der Waals surface area contributed by atoms with E-state index in [-0.39, 0.29) is 17.2 Å². The fourth-order valence-corrected chi connectivity index (χ4v) is 4.63. The first-order chi connectivity index (χ1) is 14.3. The number of para-hydroxylation sites is 2. The first kappa shape index (κ1) is 20.3. The molecule has 1 saturated carbocycles. The van der Waals surface area contributed by atoms with Crippen LogP contribution in [-0.4, -0.2) is 31.9 Å². The van der Waals surface area contributed by atoms with Gasteiger partial charge in [-0.15, -0.1) is 0 Å². The molecule has 0 aliphatic heterocycles. The third-order valence-corrected chi connectivity index (χ3v) is 7.14. The largest absolute Gasteiger partial charge is 0.342 e. The van der Waals surface area contributed by atoms with Crippen LogP contribution in [0.1, 0.15) is 63.5 Å². The number of aromatic nitrogens is 4. The van der Waals surface area contributed by atoms with Crippen LogP contribution in [0.3, 0.4) is 0 Å². The van der Waals surface area contributed by atoms with E-state index in [9.17, 15) is 4.79 Å². The van der Waals surface area contributed by atoms with Gasteiger partial charge in [-0.2, -0.15) is 10.2 Å². The molecule has 7 nitrogen and oxygen atoms in total. The number of hydrogen-bond acceptors (Lipinski definition) is 4. The van der Waals surface area contributed by atoms with Gasteiger partial charge in [-0.05, 0) is 44.2 Å². The van der Waals surface area contributed by atoms with Crippen LogP contribution < -0.4 is 5.43 Å². The molecule has 158 valence electrons. The summed E-state index contributed by atoms with van der Waals surface area (Å²) in [6.07, 6.45) is 5.30. The first-order valence-corrected chi connectivity index (χ1v) is 10.6. The molecule has 30 heavy (non-hydrogen) atoms. The van der Waals surface area contributed by atoms with E-state index >= 15 is 0 Å². The number of aromatic amines is 1. The number of imidazole rings is 1. The average Bonchev–Trinajstić information content (AvgIpc) is 3.36. The highest BCUT2D eigenvalue weighted by molar-refractivity contribution is 5.86. The number of aryl methyl sites for hydroxylation is 2. The van der Waals surface area contributed by atoms with Gasteiger partial charge in [0.15, 0.2) is 0 Å². The van der Waals surface area contributed by atoms with Crippen LogP contribution in [0.4, 0.5) is 0 Å². The van der Waals surface area contributed by atoms with Gasteiger partial charge in [-0.1, -0.05) is 32.9 Å². The summed E-state index contributed by atoms with van der Waals surface area (Å²) in [5, 5.41) is 8.64. The number of hydrogen-bond donors (Lipinski definition) is 2. The van der Waals surface area contributed by atoms with Crippen LogP contribution in [0.25, 0.3) is 11.0 Å². The van der Waals surface area contributed by atoms with Crippen LogP contribution >= 0.6 is 0 Å². The summed E-state index contributed by atoms with van der Waals surface area (Å²) < 4.78 is 1.86. The zero-order valence-electron chi connectivity index (χ0n) is 18.4. The Balaban J connectivity index is 1.52. The molecule has 0 radical (unpaired) electrons. The molecular formula is C23H30N6O. The summed E-state index contributed by atoms with van der Waals surface area (Å²) in [6, 6.07) is 8.05. The molecule has 2 heterocycles. The van der Waals surface area contributed by atoms with Crippen molar-refractivity contribution >= 4 is 23.2 Å². The first-order valence-electron chi connectivity index (χ1n) is 10.6. The lowest BCUT2D eigenvalue weighted by molar-refractivity contribution is -0.135. The van der Waals surface area contributed by atoms with Gasteiger partial charge in [0, 0.05) is 24.2 Å². The van der Waals surface area contributed by atoms with Crippen molar-refractivity contribution in [3.8, 4) is 0 Å². The van der Waals surface area contributed by atoms with E-state index in [0.29, 0.717) is 0 Å². The van der Waals surface area contributed by atoms with Gasteiger partial charge in [0.25, 0.3) is 0 Å². The van der Waals surface area contributed by atoms with Gasteiger partial charge in [0.05, 0.1) is 28.4 Å². The molecule has 0 bridgehead atoms. The lowest BCUT2D eigenvalue weighted by Crippen LogP contribution is -2.45. The number of hydrazone groups is 1. The maximum Gasteiger partial charge on any atom is 0.246 e. The number of rotatable bonds is 5. The van der Waals surface area contributed by atoms with Crippen LogP contribution in [-0.2, 0) is 11.3 Å². The van der Waals surface area contributed by atoms with Crippen molar-refractivity contribution in [1.29, 1.82) is 0 Å². The summed E-state index contributed by atoms with van der Waals surface area (Å²) >= 11 is 0. The van der Waals surface area contributed by atoms with Crippen molar-refractivity contribution in [1.82, 2.24) is 25.2 Å². The minimum atomic E-state index is -0.545. The highest BCUT2D eigenvalue weighted by atomic mass is 16.2. The van der Waals surface area contributed by atoms with E-state index in [1.54, 1.807) is 6.21 Å². The molecule has 1 aliphatic rings. The van der Waals surface area contributed by atoms with Gasteiger partial charge < -0.3 is 4.98 Å². The lowest BCUT2D eigenvalue weighted by atomic mass is 9.65. The molecule has 1 fully saturated rings. The number of carbonyl (C=O) groups excluding carboxylic acids is 1. The zero-order chi connectivity index (χ0) is 21.5. The summed E-state index contributed by atoms with van der Waals surface area (Å²) in [6.45, 7) is 11.1. The molecular weight excluding hydrogens is 376 g/mol. The van der Waals surface area contributed by atoms with E-state index in [1.807, 2.05) is 55.9 Å². The Hall–Kier alpha value is -2.96. The molecule has 4 rings (SSSR count). The summed E-state index contributed by atoms with van der Waals surface area (Å²) in [4.78, 5) is 21.5. The Labute approximate surface area is 177 Å². The Morgan fingerprint density at radius 3 is 2.83 bits per heavy atom. The van der Waals surface area contributed by atoms with Crippen LogP contribution in [0.5, 0.6) is 0 Å². The maximum atomic E-state index is 13.2. The Kier molecular flexibility index (Phi) is 5.00. The van der Waals surface area contributed by atoms with Crippen LogP contribution in [0.15, 0.2) is 35.6 Å². The standard InChI is InChI=1S/C23H30N6O/c1-6-29-14-16(15(2)28-29)13-24-27-21(30)23(5)12-11-17(22(23,3)4)20-25-18-9-7-8-10-19(18)26-20/h7-10,13-14,17H,6,11-12H2,1-5H3,(H,25,26)(H,27,30)/b24-13-/t17-,23-/m1/s1. The quantitative estimate of drug-likeness (QED) is 0.493. The number of H-pyrrole nitrogens is 1. The van der Waals surface area contributed by atoms with Crippen LogP contribution in [0, 0.1) is 17.8 Å². The fraction of sp³-hybridized carbons (Fsp3) is 0.478. The molecule has 0 spiro atoms. The highest BCUT2D eigenvalue weighted by Crippen LogP contribution is 2.59. The number of benzene rings is 1. The second-order valence-electron chi connectivity index (χ2n) is 9.01. The monoisotopic (exact) mass is 406 g/mol. The van der Waals surface area contributed by atoms with E-state index in [2.05, 4.69) is 34.5 Å². The summed E-state index contributed by atoms with van der Waals surface area (Å²) in [5.74, 6) is 1.08. The Bertz CT molecular complexity index is 1080. The molecule has 1 amide bonds. The fourth-order valence-electron chi connectivity index (χ4n) is 4.63. The molecule has 0 saturated heterocycles. The van der Waals surface area contributed by atoms with Gasteiger partial charge in [0.1, 0.15) is 5.82 Å². The van der Waals surface area contributed by atoms with Crippen molar-refractivity contribution in [2.24, 2.45) is 15.9 Å². The normalized spacial score (nSPS) is 23.4. The maximum absolute atomic E-state index is 13.2. The SMILES string of the molecule is CCn1cc(/C=N\NC(=O)[C@@]2(C)CC[C@H](c3nc4ccccc4[nH]3)C2(C)C)c(C)n1. The van der Waals surface area contributed by atoms with Crippen molar-refractivity contribution in [3.05, 3.63) is 47.5 Å². The third-order valence-electron chi connectivity index (χ3n) is 7.14. The predicted molar refractivity (Wildman–Crippen MR) is 118 cm³/mol. The summed E-state index contributed by atoms with van der Waals surface area (Å²) in [5.41, 5.74) is 5.77. The van der Waals surface area contributed by atoms with Crippen LogP contribution in [0.2, 0.25) is 0 Å². The Morgan fingerprint density at radius 1 is 1.37 bits per heavy atom. The van der Waals surface area contributed by atoms with Gasteiger partial charge >= 0.3 is 0 Å². The number of nitrogens with zero attached hydrogens (tertiary/aromatic N) is 4. The number of carbonyl (C=O) groups is 1. The minimum absolute atomic E-state index is 0.0529. The van der Waals surface area contributed by atoms with Crippen molar-refractivity contribution < 1.29 is 4.79 Å². The topological polar surface area (TPSA) is 88.0 Å². The van der Waals surface area contributed by atoms with E-state index < -0.39 is 5.41 Å². The van der Waals surface area contributed by atoms with E-state index in [1.165, 1.54) is 0 Å². The van der Waals surface area contributed by atoms with Gasteiger partial charge in [-0.3, -0.25) is 9.48 Å². The molecule has 2 aromatic heterocycles. The van der Waals surface area contributed by atoms with Crippen molar-refractivity contribution in [3.63, 3.8) is 0 Å². The second-order valence-corrected chi connectivity index (χ2v) is 9.01. The predicted octanol–water partition coefficient (Wildman–Crippen LogP) is 4.15. The second kappa shape index (κ2) is 7.38. The smallest absolute Gasteiger partial charge is 0.246 e. The zero-order valence-corrected chi connectivity index (χ0v) is 18.4. The molecule has 2 atom stereocenters. The lowest BCUT2D eigenvalue weighted by Gasteiger charge is -2.39. The van der Waals surface area contributed by atoms with Crippen molar-refractivity contribution in [2.75, 3.05) is 0 Å². The summed E-state index contributed by atoms with van der Waals surface area (Å²) in [7, 11) is 0. The minimum Gasteiger partial charge on any atom is -0.342 e. The number of amides is 1. The molecule has 7 heteroatoms. The van der Waals surface area contributed by atoms with Gasteiger partial charge in [0.2, 0.25) is 5.91 Å². The molecule has 3 aromatic rings. The molecule has 0 unspecified atom stereocenters. The highest BCUT2D eigenvalue weighted by Gasteiger charge is 2.57. The third kappa shape index (κ3) is 3.22. The number of nitrogens with one attached hydrogen (secondary N) is 2. The number of fused-ring (bicyclic) bond motifs is 1. The molecule has 2 N–H and O–H groups in total. The Morgan fingerprint density at radius 2 is 2.13 bits per heavy atom. The molecule has 1 aliphatic carbocycles. The van der Waals surface area contributed by atoms with Crippen molar-refractivity contribution in [2.45, 2.75) is 59.9 Å². The molecule has 1 aromatic carbocycles.